The molecular weight excluding hydrogens is 384 g/mol. The van der Waals surface area contributed by atoms with Crippen LogP contribution < -0.4 is 10.2 Å². The van der Waals surface area contributed by atoms with Crippen molar-refractivity contribution >= 4 is 29.0 Å². The van der Waals surface area contributed by atoms with Crippen LogP contribution in [0.25, 0.3) is 6.08 Å². The minimum atomic E-state index is -0.564. The molecule has 1 N–H and O–H groups in total. The lowest BCUT2D eigenvalue weighted by atomic mass is 10.1. The molecule has 154 valence electrons. The Morgan fingerprint density at radius 2 is 1.97 bits per heavy atom. The van der Waals surface area contributed by atoms with Crippen LogP contribution in [0.4, 0.5) is 17.1 Å². The number of carbonyl (C=O) groups excluding carboxylic acids is 1. The molecule has 0 radical (unpaired) electrons. The number of carbonyl (C=O) groups is 1. The molecular formula is C22H22N4O4. The fraction of sp³-hybridized carbons (Fsp3) is 0.273. The Bertz CT molecular complexity index is 1050. The maximum absolute atomic E-state index is 12.7. The lowest BCUT2D eigenvalue weighted by molar-refractivity contribution is -0.384. The summed E-state index contributed by atoms with van der Waals surface area (Å²) >= 11 is 0. The summed E-state index contributed by atoms with van der Waals surface area (Å²) in [5.74, 6) is -0.564. The standard InChI is InChI=1S/C22H22N4O4/c1-15-3-4-16(2)20(11-15)24-22(27)18(14-23)12-17-13-19(26(28)29)5-6-21(17)25-7-9-30-10-8-25/h3-6,11-13H,7-10H2,1-2H3,(H,24,27)/b18-12+. The highest BCUT2D eigenvalue weighted by Crippen LogP contribution is 2.29. The Balaban J connectivity index is 1.97. The van der Waals surface area contributed by atoms with Crippen LogP contribution in [0.3, 0.4) is 0 Å². The van der Waals surface area contributed by atoms with Gasteiger partial charge in [0.1, 0.15) is 11.6 Å². The van der Waals surface area contributed by atoms with Crippen LogP contribution in [0.2, 0.25) is 0 Å². The molecule has 1 amide bonds. The van der Waals surface area contributed by atoms with Gasteiger partial charge in [0.15, 0.2) is 0 Å². The molecule has 1 saturated heterocycles. The van der Waals surface area contributed by atoms with Crippen LogP contribution in [0.15, 0.2) is 42.0 Å². The van der Waals surface area contributed by atoms with E-state index in [1.807, 2.05) is 43.0 Å². The van der Waals surface area contributed by atoms with Crippen molar-refractivity contribution in [3.63, 3.8) is 0 Å². The van der Waals surface area contributed by atoms with Crippen molar-refractivity contribution in [2.45, 2.75) is 13.8 Å². The van der Waals surface area contributed by atoms with E-state index in [1.54, 1.807) is 6.07 Å². The Morgan fingerprint density at radius 3 is 2.63 bits per heavy atom. The number of nitro benzene ring substituents is 1. The number of hydrogen-bond donors (Lipinski definition) is 1. The van der Waals surface area contributed by atoms with Crippen molar-refractivity contribution < 1.29 is 14.5 Å². The minimum absolute atomic E-state index is 0.106. The molecule has 8 heteroatoms. The van der Waals surface area contributed by atoms with E-state index < -0.39 is 10.8 Å². The summed E-state index contributed by atoms with van der Waals surface area (Å²) in [5, 5.41) is 23.6. The molecule has 3 rings (SSSR count). The van der Waals surface area contributed by atoms with Gasteiger partial charge in [0.05, 0.1) is 18.1 Å². The van der Waals surface area contributed by atoms with Crippen molar-refractivity contribution in [2.75, 3.05) is 36.5 Å². The van der Waals surface area contributed by atoms with Gasteiger partial charge in [-0.1, -0.05) is 12.1 Å². The number of hydrogen-bond acceptors (Lipinski definition) is 6. The van der Waals surface area contributed by atoms with Gasteiger partial charge < -0.3 is 15.0 Å². The van der Waals surface area contributed by atoms with Gasteiger partial charge in [0.25, 0.3) is 11.6 Å². The number of nitro groups is 1. The number of ether oxygens (including phenoxy) is 1. The largest absolute Gasteiger partial charge is 0.378 e. The number of non-ortho nitro benzene ring substituents is 1. The summed E-state index contributed by atoms with van der Waals surface area (Å²) in [4.78, 5) is 25.5. The van der Waals surface area contributed by atoms with Crippen molar-refractivity contribution in [2.24, 2.45) is 0 Å². The number of nitrogens with one attached hydrogen (secondary N) is 1. The van der Waals surface area contributed by atoms with Gasteiger partial charge in [0.2, 0.25) is 0 Å². The Morgan fingerprint density at radius 1 is 1.23 bits per heavy atom. The quantitative estimate of drug-likeness (QED) is 0.352. The van der Waals surface area contributed by atoms with Gasteiger partial charge in [-0.25, -0.2) is 0 Å². The predicted octanol–water partition coefficient (Wildman–Crippen LogP) is 3.59. The number of amides is 1. The average Bonchev–Trinajstić information content (AvgIpc) is 2.75. The number of benzene rings is 2. The Hall–Kier alpha value is -3.70. The van der Waals surface area contributed by atoms with Gasteiger partial charge in [-0.15, -0.1) is 0 Å². The first-order valence-corrected chi connectivity index (χ1v) is 9.50. The molecule has 0 atom stereocenters. The van der Waals surface area contributed by atoms with E-state index in [-0.39, 0.29) is 11.3 Å². The van der Waals surface area contributed by atoms with E-state index in [4.69, 9.17) is 4.74 Å². The van der Waals surface area contributed by atoms with Crippen LogP contribution in [0.1, 0.15) is 16.7 Å². The molecule has 0 spiro atoms. The van der Waals surface area contributed by atoms with Crippen molar-refractivity contribution in [1.82, 2.24) is 0 Å². The van der Waals surface area contributed by atoms with Gasteiger partial charge >= 0.3 is 0 Å². The summed E-state index contributed by atoms with van der Waals surface area (Å²) in [6.07, 6.45) is 1.40. The second-order valence-corrected chi connectivity index (χ2v) is 7.04. The summed E-state index contributed by atoms with van der Waals surface area (Å²) in [5.41, 5.74) is 3.39. The molecule has 1 aliphatic heterocycles. The van der Waals surface area contributed by atoms with Gasteiger partial charge in [-0.05, 0) is 43.2 Å². The summed E-state index contributed by atoms with van der Waals surface area (Å²) in [6, 6.07) is 12.0. The highest BCUT2D eigenvalue weighted by molar-refractivity contribution is 6.10. The number of nitrogens with zero attached hydrogens (tertiary/aromatic N) is 3. The molecule has 0 unspecified atom stereocenters. The molecule has 2 aromatic rings. The first-order valence-electron chi connectivity index (χ1n) is 9.50. The fourth-order valence-electron chi connectivity index (χ4n) is 3.23. The van der Waals surface area contributed by atoms with Crippen LogP contribution >= 0.6 is 0 Å². The molecule has 8 nitrogen and oxygen atoms in total. The van der Waals surface area contributed by atoms with E-state index >= 15 is 0 Å². The smallest absolute Gasteiger partial charge is 0.270 e. The van der Waals surface area contributed by atoms with E-state index in [1.165, 1.54) is 18.2 Å². The molecule has 1 aliphatic rings. The molecule has 0 aliphatic carbocycles. The van der Waals surface area contributed by atoms with Crippen molar-refractivity contribution in [1.29, 1.82) is 5.26 Å². The maximum atomic E-state index is 12.7. The summed E-state index contributed by atoms with van der Waals surface area (Å²) in [7, 11) is 0. The molecule has 0 saturated carbocycles. The third-order valence-electron chi connectivity index (χ3n) is 4.88. The monoisotopic (exact) mass is 406 g/mol. The van der Waals surface area contributed by atoms with Crippen LogP contribution in [-0.4, -0.2) is 37.1 Å². The molecule has 2 aromatic carbocycles. The summed E-state index contributed by atoms with van der Waals surface area (Å²) < 4.78 is 5.37. The maximum Gasteiger partial charge on any atom is 0.270 e. The van der Waals surface area contributed by atoms with Gasteiger partial charge in [-0.2, -0.15) is 5.26 Å². The normalized spacial score (nSPS) is 14.2. The molecule has 30 heavy (non-hydrogen) atoms. The van der Waals surface area contributed by atoms with E-state index in [0.717, 1.165) is 16.8 Å². The second kappa shape index (κ2) is 9.20. The van der Waals surface area contributed by atoms with Crippen LogP contribution in [0, 0.1) is 35.3 Å². The lowest BCUT2D eigenvalue weighted by Gasteiger charge is -2.30. The molecule has 1 fully saturated rings. The van der Waals surface area contributed by atoms with E-state index in [0.29, 0.717) is 37.6 Å². The number of morpholine rings is 1. The minimum Gasteiger partial charge on any atom is -0.378 e. The number of rotatable bonds is 5. The van der Waals surface area contributed by atoms with Gasteiger partial charge in [0, 0.05) is 42.2 Å². The van der Waals surface area contributed by atoms with Crippen LogP contribution in [-0.2, 0) is 9.53 Å². The first kappa shape index (κ1) is 21.0. The van der Waals surface area contributed by atoms with Gasteiger partial charge in [-0.3, -0.25) is 14.9 Å². The summed E-state index contributed by atoms with van der Waals surface area (Å²) in [6.45, 7) is 6.09. The predicted molar refractivity (Wildman–Crippen MR) is 114 cm³/mol. The van der Waals surface area contributed by atoms with Crippen molar-refractivity contribution in [3.05, 3.63) is 68.8 Å². The third-order valence-corrected chi connectivity index (χ3v) is 4.88. The lowest BCUT2D eigenvalue weighted by Crippen LogP contribution is -2.36. The first-order chi connectivity index (χ1) is 14.4. The van der Waals surface area contributed by atoms with Crippen molar-refractivity contribution in [3.8, 4) is 6.07 Å². The molecule has 1 heterocycles. The van der Waals surface area contributed by atoms with E-state index in [2.05, 4.69) is 5.32 Å². The topological polar surface area (TPSA) is 108 Å². The number of aryl methyl sites for hydroxylation is 2. The van der Waals surface area contributed by atoms with E-state index in [9.17, 15) is 20.2 Å². The fourth-order valence-corrected chi connectivity index (χ4v) is 3.23. The second-order valence-electron chi connectivity index (χ2n) is 7.04. The Kier molecular flexibility index (Phi) is 6.45. The molecule has 0 bridgehead atoms. The third kappa shape index (κ3) is 4.82. The number of anilines is 2. The zero-order valence-electron chi connectivity index (χ0n) is 16.8. The SMILES string of the molecule is Cc1ccc(C)c(NC(=O)/C(C#N)=C/c2cc([N+](=O)[O-])ccc2N2CCOCC2)c1. The number of nitriles is 1. The zero-order valence-corrected chi connectivity index (χ0v) is 16.8. The Labute approximate surface area is 174 Å². The average molecular weight is 406 g/mol. The highest BCUT2D eigenvalue weighted by Gasteiger charge is 2.19. The van der Waals surface area contributed by atoms with Crippen LogP contribution in [0.5, 0.6) is 0 Å². The molecule has 0 aromatic heterocycles. The highest BCUT2D eigenvalue weighted by atomic mass is 16.6. The zero-order chi connectivity index (χ0) is 21.7.